The average molecular weight is 384 g/mol. The van der Waals surface area contributed by atoms with Gasteiger partial charge in [-0.3, -0.25) is 14.3 Å². The summed E-state index contributed by atoms with van der Waals surface area (Å²) in [6.07, 6.45) is 5.97. The molecule has 28 heavy (non-hydrogen) atoms. The first kappa shape index (κ1) is 19.9. The van der Waals surface area contributed by atoms with E-state index in [0.717, 1.165) is 37.0 Å². The van der Waals surface area contributed by atoms with Crippen LogP contribution >= 0.6 is 0 Å². The molecule has 1 aliphatic rings. The first-order chi connectivity index (χ1) is 13.6. The number of aryl methyl sites for hydroxylation is 1. The zero-order valence-corrected chi connectivity index (χ0v) is 16.5. The van der Waals surface area contributed by atoms with E-state index in [0.29, 0.717) is 24.5 Å². The van der Waals surface area contributed by atoms with Crippen LogP contribution in [-0.4, -0.2) is 35.2 Å². The Morgan fingerprint density at radius 1 is 1.21 bits per heavy atom. The Balaban J connectivity index is 1.52. The molecule has 0 radical (unpaired) electrons. The van der Waals surface area contributed by atoms with Gasteiger partial charge in [-0.2, -0.15) is 5.10 Å². The van der Waals surface area contributed by atoms with Crippen LogP contribution < -0.4 is 15.4 Å². The quantitative estimate of drug-likeness (QED) is 0.769. The first-order valence-electron chi connectivity index (χ1n) is 9.83. The van der Waals surface area contributed by atoms with Crippen molar-refractivity contribution in [1.29, 1.82) is 0 Å². The minimum absolute atomic E-state index is 0.0210. The molecule has 1 fully saturated rings. The van der Waals surface area contributed by atoms with E-state index in [1.807, 2.05) is 24.3 Å². The van der Waals surface area contributed by atoms with Crippen LogP contribution in [-0.2, 0) is 18.3 Å². The molecule has 0 saturated heterocycles. The molecule has 1 heterocycles. The lowest BCUT2D eigenvalue weighted by Gasteiger charge is -2.20. The van der Waals surface area contributed by atoms with E-state index in [4.69, 9.17) is 4.74 Å². The predicted molar refractivity (Wildman–Crippen MR) is 107 cm³/mol. The zero-order valence-electron chi connectivity index (χ0n) is 16.5. The third kappa shape index (κ3) is 5.12. The summed E-state index contributed by atoms with van der Waals surface area (Å²) in [5.41, 5.74) is 1.38. The van der Waals surface area contributed by atoms with Gasteiger partial charge in [-0.25, -0.2) is 0 Å². The lowest BCUT2D eigenvalue weighted by Crippen LogP contribution is -2.26. The van der Waals surface area contributed by atoms with E-state index in [1.165, 1.54) is 11.1 Å². The fourth-order valence-corrected chi connectivity index (χ4v) is 3.53. The Bertz CT molecular complexity index is 825. The molecule has 1 aromatic carbocycles. The van der Waals surface area contributed by atoms with Gasteiger partial charge in [0.25, 0.3) is 5.91 Å². The Morgan fingerprint density at radius 3 is 2.75 bits per heavy atom. The number of carbonyl (C=O) groups excluding carboxylic acids is 2. The Morgan fingerprint density at radius 2 is 2.00 bits per heavy atom. The van der Waals surface area contributed by atoms with Crippen molar-refractivity contribution in [3.63, 3.8) is 0 Å². The monoisotopic (exact) mass is 384 g/mol. The maximum atomic E-state index is 12.4. The number of rotatable bonds is 7. The standard InChI is InChI=1S/C21H28N4O3/c1-25-19(23-20(26)16-8-4-3-5-9-16)14-18(24-25)21(27)22-12-11-15-7-6-10-17(13-15)28-2/h6-7,10,13-14,16H,3-5,8-9,11-12H2,1-2H3,(H,22,27)(H,23,26). The highest BCUT2D eigenvalue weighted by molar-refractivity contribution is 5.96. The molecule has 0 bridgehead atoms. The van der Waals surface area contributed by atoms with Crippen molar-refractivity contribution < 1.29 is 14.3 Å². The molecule has 1 saturated carbocycles. The molecule has 2 N–H and O–H groups in total. The summed E-state index contributed by atoms with van der Waals surface area (Å²) in [6.45, 7) is 0.492. The van der Waals surface area contributed by atoms with Crippen LogP contribution in [0.1, 0.15) is 48.2 Å². The topological polar surface area (TPSA) is 85.3 Å². The van der Waals surface area contributed by atoms with Crippen LogP contribution in [0.15, 0.2) is 30.3 Å². The zero-order chi connectivity index (χ0) is 19.9. The van der Waals surface area contributed by atoms with Crippen molar-refractivity contribution in [3.8, 4) is 5.75 Å². The van der Waals surface area contributed by atoms with Gasteiger partial charge in [0.1, 0.15) is 11.6 Å². The number of benzene rings is 1. The highest BCUT2D eigenvalue weighted by Gasteiger charge is 2.22. The smallest absolute Gasteiger partial charge is 0.271 e. The first-order valence-corrected chi connectivity index (χ1v) is 9.83. The molecular formula is C21H28N4O3. The maximum absolute atomic E-state index is 12.4. The lowest BCUT2D eigenvalue weighted by molar-refractivity contribution is -0.120. The number of hydrogen-bond donors (Lipinski definition) is 2. The fraction of sp³-hybridized carbons (Fsp3) is 0.476. The van der Waals surface area contributed by atoms with E-state index in [1.54, 1.807) is 20.2 Å². The number of nitrogens with zero attached hydrogens (tertiary/aromatic N) is 2. The van der Waals surface area contributed by atoms with Crippen LogP contribution in [0, 0.1) is 5.92 Å². The van der Waals surface area contributed by atoms with Gasteiger partial charge >= 0.3 is 0 Å². The molecule has 2 aromatic rings. The fourth-order valence-electron chi connectivity index (χ4n) is 3.53. The summed E-state index contributed by atoms with van der Waals surface area (Å²) in [4.78, 5) is 24.8. The molecule has 7 heteroatoms. The van der Waals surface area contributed by atoms with Crippen molar-refractivity contribution in [2.24, 2.45) is 13.0 Å². The molecule has 1 aliphatic carbocycles. The van der Waals surface area contributed by atoms with E-state index < -0.39 is 0 Å². The molecule has 1 aromatic heterocycles. The van der Waals surface area contributed by atoms with Gasteiger partial charge in [0, 0.05) is 25.6 Å². The Hall–Kier alpha value is -2.83. The summed E-state index contributed by atoms with van der Waals surface area (Å²) in [5.74, 6) is 1.17. The second-order valence-corrected chi connectivity index (χ2v) is 7.22. The number of hydrogen-bond acceptors (Lipinski definition) is 4. The summed E-state index contributed by atoms with van der Waals surface area (Å²) in [7, 11) is 3.36. The highest BCUT2D eigenvalue weighted by Crippen LogP contribution is 2.25. The lowest BCUT2D eigenvalue weighted by atomic mass is 9.89. The third-order valence-electron chi connectivity index (χ3n) is 5.17. The van der Waals surface area contributed by atoms with Crippen molar-refractivity contribution in [2.75, 3.05) is 19.0 Å². The van der Waals surface area contributed by atoms with Crippen molar-refractivity contribution in [1.82, 2.24) is 15.1 Å². The number of methoxy groups -OCH3 is 1. The molecule has 3 rings (SSSR count). The molecule has 2 amide bonds. The summed E-state index contributed by atoms with van der Waals surface area (Å²) in [5, 5.41) is 10.0. The van der Waals surface area contributed by atoms with Gasteiger partial charge in [0.05, 0.1) is 7.11 Å². The van der Waals surface area contributed by atoms with Crippen LogP contribution in [0.4, 0.5) is 5.82 Å². The van der Waals surface area contributed by atoms with E-state index in [9.17, 15) is 9.59 Å². The summed E-state index contributed by atoms with van der Waals surface area (Å²) < 4.78 is 6.75. The second-order valence-electron chi connectivity index (χ2n) is 7.22. The third-order valence-corrected chi connectivity index (χ3v) is 5.17. The van der Waals surface area contributed by atoms with Crippen LogP contribution in [0.25, 0.3) is 0 Å². The Kier molecular flexibility index (Phi) is 6.68. The van der Waals surface area contributed by atoms with Crippen molar-refractivity contribution in [3.05, 3.63) is 41.6 Å². The predicted octanol–water partition coefficient (Wildman–Crippen LogP) is 2.92. The number of aromatic nitrogens is 2. The average Bonchev–Trinajstić information content (AvgIpc) is 3.09. The minimum Gasteiger partial charge on any atom is -0.497 e. The van der Waals surface area contributed by atoms with Crippen molar-refractivity contribution >= 4 is 17.6 Å². The summed E-state index contributed by atoms with van der Waals surface area (Å²) >= 11 is 0. The van der Waals surface area contributed by atoms with Crippen LogP contribution in [0.2, 0.25) is 0 Å². The highest BCUT2D eigenvalue weighted by atomic mass is 16.5. The molecule has 0 spiro atoms. The molecule has 7 nitrogen and oxygen atoms in total. The molecule has 0 unspecified atom stereocenters. The van der Waals surface area contributed by atoms with Gasteiger partial charge in [-0.05, 0) is 37.0 Å². The number of carbonyl (C=O) groups is 2. The molecule has 0 aliphatic heterocycles. The van der Waals surface area contributed by atoms with Gasteiger partial charge in [-0.15, -0.1) is 0 Å². The van der Waals surface area contributed by atoms with Crippen molar-refractivity contribution in [2.45, 2.75) is 38.5 Å². The molecule has 0 atom stereocenters. The number of ether oxygens (including phenoxy) is 1. The SMILES string of the molecule is COc1cccc(CCNC(=O)c2cc(NC(=O)C3CCCCC3)n(C)n2)c1. The Labute approximate surface area is 165 Å². The number of amides is 2. The van der Waals surface area contributed by atoms with Crippen LogP contribution in [0.3, 0.4) is 0 Å². The van der Waals surface area contributed by atoms with E-state index in [2.05, 4.69) is 15.7 Å². The van der Waals surface area contributed by atoms with E-state index >= 15 is 0 Å². The van der Waals surface area contributed by atoms with Gasteiger partial charge in [0.2, 0.25) is 5.91 Å². The second kappa shape index (κ2) is 9.39. The molecule has 150 valence electrons. The minimum atomic E-state index is -0.253. The van der Waals surface area contributed by atoms with Crippen LogP contribution in [0.5, 0.6) is 5.75 Å². The molecular weight excluding hydrogens is 356 g/mol. The van der Waals surface area contributed by atoms with E-state index in [-0.39, 0.29) is 17.7 Å². The maximum Gasteiger partial charge on any atom is 0.271 e. The largest absolute Gasteiger partial charge is 0.497 e. The number of nitrogens with one attached hydrogen (secondary N) is 2. The number of anilines is 1. The van der Waals surface area contributed by atoms with Gasteiger partial charge in [-0.1, -0.05) is 31.4 Å². The summed E-state index contributed by atoms with van der Waals surface area (Å²) in [6, 6.07) is 9.39. The normalized spacial score (nSPS) is 14.5. The van der Waals surface area contributed by atoms with Gasteiger partial charge < -0.3 is 15.4 Å². The van der Waals surface area contributed by atoms with Gasteiger partial charge in [0.15, 0.2) is 5.69 Å².